The first-order valence-corrected chi connectivity index (χ1v) is 5.14. The quantitative estimate of drug-likeness (QED) is 0.742. The van der Waals surface area contributed by atoms with Crippen LogP contribution in [0.4, 0.5) is 0 Å². The average Bonchev–Trinajstić information content (AvgIpc) is 2.15. The van der Waals surface area contributed by atoms with E-state index in [-0.39, 0.29) is 16.9 Å². The van der Waals surface area contributed by atoms with Gasteiger partial charge in [0.2, 0.25) is 0 Å². The number of H-pyrrole nitrogens is 1. The Morgan fingerprint density at radius 3 is 2.50 bits per heavy atom. The van der Waals surface area contributed by atoms with E-state index in [1.54, 1.807) is 6.07 Å². The molecule has 0 unspecified atom stereocenters. The number of aryl methyl sites for hydroxylation is 2. The van der Waals surface area contributed by atoms with Crippen molar-refractivity contribution >= 4 is 16.7 Å². The number of ketones is 1. The normalized spacial score (nSPS) is 10.7. The van der Waals surface area contributed by atoms with Gasteiger partial charge in [-0.2, -0.15) is 0 Å². The van der Waals surface area contributed by atoms with Crippen LogP contribution >= 0.6 is 0 Å². The van der Waals surface area contributed by atoms with Gasteiger partial charge in [-0.15, -0.1) is 0 Å². The molecule has 0 radical (unpaired) electrons. The van der Waals surface area contributed by atoms with Crippen molar-refractivity contribution in [3.63, 3.8) is 0 Å². The van der Waals surface area contributed by atoms with Crippen LogP contribution in [0.5, 0.6) is 0 Å². The zero-order valence-electron chi connectivity index (χ0n) is 9.55. The van der Waals surface area contributed by atoms with Gasteiger partial charge in [-0.1, -0.05) is 6.07 Å². The van der Waals surface area contributed by atoms with Crippen molar-refractivity contribution in [1.82, 2.24) is 4.98 Å². The number of hydrogen-bond donors (Lipinski definition) is 1. The van der Waals surface area contributed by atoms with E-state index in [0.717, 1.165) is 22.0 Å². The molecule has 0 aliphatic heterocycles. The smallest absolute Gasteiger partial charge is 0.259 e. The fourth-order valence-electron chi connectivity index (χ4n) is 1.93. The Hall–Kier alpha value is -1.90. The van der Waals surface area contributed by atoms with E-state index >= 15 is 0 Å². The second-order valence-corrected chi connectivity index (χ2v) is 4.11. The number of carbonyl (C=O) groups excluding carboxylic acids is 1. The zero-order chi connectivity index (χ0) is 11.9. The van der Waals surface area contributed by atoms with Crippen LogP contribution in [-0.4, -0.2) is 10.8 Å². The van der Waals surface area contributed by atoms with Gasteiger partial charge in [0, 0.05) is 10.9 Å². The molecule has 1 heterocycles. The van der Waals surface area contributed by atoms with E-state index in [0.29, 0.717) is 0 Å². The molecule has 2 rings (SSSR count). The molecule has 3 nitrogen and oxygen atoms in total. The molecule has 1 N–H and O–H groups in total. The summed E-state index contributed by atoms with van der Waals surface area (Å²) in [5.41, 5.74) is 2.85. The maximum Gasteiger partial charge on any atom is 0.259 e. The molecule has 3 heteroatoms. The maximum absolute atomic E-state index is 11.6. The summed E-state index contributed by atoms with van der Waals surface area (Å²) < 4.78 is 0. The second-order valence-electron chi connectivity index (χ2n) is 4.11. The Balaban J connectivity index is 2.90. The number of hydrogen-bond acceptors (Lipinski definition) is 2. The van der Waals surface area contributed by atoms with Gasteiger partial charge in [-0.05, 0) is 44.0 Å². The van der Waals surface area contributed by atoms with Crippen LogP contribution in [0, 0.1) is 13.8 Å². The molecular weight excluding hydrogens is 202 g/mol. The molecule has 0 amide bonds. The Bertz CT molecular complexity index is 638. The molecule has 1 aromatic carbocycles. The molecule has 0 spiro atoms. The Morgan fingerprint density at radius 1 is 1.19 bits per heavy atom. The fourth-order valence-corrected chi connectivity index (χ4v) is 1.93. The number of aromatic nitrogens is 1. The number of rotatable bonds is 1. The molecule has 0 saturated heterocycles. The predicted molar refractivity (Wildman–Crippen MR) is 64.0 cm³/mol. The summed E-state index contributed by atoms with van der Waals surface area (Å²) in [7, 11) is 0. The van der Waals surface area contributed by atoms with Crippen molar-refractivity contribution < 1.29 is 4.79 Å². The summed E-state index contributed by atoms with van der Waals surface area (Å²) in [6, 6.07) is 5.61. The minimum atomic E-state index is -0.315. The lowest BCUT2D eigenvalue weighted by molar-refractivity contribution is 0.101. The molecule has 0 fully saturated rings. The van der Waals surface area contributed by atoms with Crippen molar-refractivity contribution in [3.05, 3.63) is 45.2 Å². The highest BCUT2D eigenvalue weighted by atomic mass is 16.1. The highest BCUT2D eigenvalue weighted by Crippen LogP contribution is 2.18. The molecular formula is C13H13NO2. The lowest BCUT2D eigenvalue weighted by Gasteiger charge is -2.05. The van der Waals surface area contributed by atoms with Crippen molar-refractivity contribution in [2.24, 2.45) is 0 Å². The number of aromatic amines is 1. The van der Waals surface area contributed by atoms with Crippen molar-refractivity contribution in [2.45, 2.75) is 20.8 Å². The third kappa shape index (κ3) is 1.65. The predicted octanol–water partition coefficient (Wildman–Crippen LogP) is 2.35. The minimum absolute atomic E-state index is 0.205. The third-order valence-electron chi connectivity index (χ3n) is 2.69. The summed E-state index contributed by atoms with van der Waals surface area (Å²) in [5.74, 6) is -0.205. The van der Waals surface area contributed by atoms with E-state index in [1.807, 2.05) is 26.0 Å². The van der Waals surface area contributed by atoms with E-state index in [4.69, 9.17) is 0 Å². The van der Waals surface area contributed by atoms with Gasteiger partial charge in [-0.3, -0.25) is 9.59 Å². The number of Topliss-reactive ketones (excluding diaryl/α,β-unsaturated/α-hetero) is 1. The first-order chi connectivity index (χ1) is 7.49. The van der Waals surface area contributed by atoms with Crippen LogP contribution in [0.2, 0.25) is 0 Å². The van der Waals surface area contributed by atoms with Crippen molar-refractivity contribution in [2.75, 3.05) is 0 Å². The second kappa shape index (κ2) is 3.59. The van der Waals surface area contributed by atoms with Crippen LogP contribution in [0.1, 0.15) is 28.4 Å². The number of carbonyl (C=O) groups is 1. The van der Waals surface area contributed by atoms with Crippen molar-refractivity contribution in [3.8, 4) is 0 Å². The van der Waals surface area contributed by atoms with E-state index in [2.05, 4.69) is 4.98 Å². The summed E-state index contributed by atoms with van der Waals surface area (Å²) in [4.78, 5) is 25.6. The molecule has 0 aliphatic carbocycles. The average molecular weight is 215 g/mol. The van der Waals surface area contributed by atoms with Crippen molar-refractivity contribution in [1.29, 1.82) is 0 Å². The van der Waals surface area contributed by atoms with Gasteiger partial charge < -0.3 is 4.98 Å². The number of pyridine rings is 1. The van der Waals surface area contributed by atoms with Crippen LogP contribution in [0.3, 0.4) is 0 Å². The van der Waals surface area contributed by atoms with E-state index in [1.165, 1.54) is 6.92 Å². The molecule has 2 aromatic rings. The largest absolute Gasteiger partial charge is 0.321 e. The molecule has 1 aromatic heterocycles. The topological polar surface area (TPSA) is 49.9 Å². The first-order valence-electron chi connectivity index (χ1n) is 5.14. The van der Waals surface area contributed by atoms with Crippen LogP contribution < -0.4 is 5.56 Å². The molecule has 0 bridgehead atoms. The highest BCUT2D eigenvalue weighted by Gasteiger charge is 2.08. The number of nitrogens with one attached hydrogen (secondary N) is 1. The molecule has 0 saturated carbocycles. The van der Waals surface area contributed by atoms with Gasteiger partial charge in [0.05, 0.1) is 5.56 Å². The summed E-state index contributed by atoms with van der Waals surface area (Å²) in [6.07, 6.45) is 0. The summed E-state index contributed by atoms with van der Waals surface area (Å²) in [6.45, 7) is 5.35. The lowest BCUT2D eigenvalue weighted by atomic mass is 10.0. The summed E-state index contributed by atoms with van der Waals surface area (Å²) >= 11 is 0. The van der Waals surface area contributed by atoms with E-state index < -0.39 is 0 Å². The zero-order valence-corrected chi connectivity index (χ0v) is 9.55. The highest BCUT2D eigenvalue weighted by molar-refractivity contribution is 5.97. The van der Waals surface area contributed by atoms with Crippen LogP contribution in [0.25, 0.3) is 10.9 Å². The Kier molecular flexibility index (Phi) is 2.38. The maximum atomic E-state index is 11.6. The number of fused-ring (bicyclic) bond motifs is 1. The monoisotopic (exact) mass is 215 g/mol. The minimum Gasteiger partial charge on any atom is -0.321 e. The standard InChI is InChI=1S/C13H13NO2/c1-7-4-8(2)10-6-11(9(3)15)13(16)14-12(10)5-7/h4-6H,1-3H3,(H,14,16). The Labute approximate surface area is 93.1 Å². The molecule has 16 heavy (non-hydrogen) atoms. The Morgan fingerprint density at radius 2 is 1.88 bits per heavy atom. The SMILES string of the molecule is CC(=O)c1cc2c(C)cc(C)cc2[nH]c1=O. The lowest BCUT2D eigenvalue weighted by Crippen LogP contribution is -2.15. The fraction of sp³-hybridized carbons (Fsp3) is 0.231. The van der Waals surface area contributed by atoms with E-state index in [9.17, 15) is 9.59 Å². The van der Waals surface area contributed by atoms with Gasteiger partial charge in [0.25, 0.3) is 5.56 Å². The van der Waals surface area contributed by atoms with Crippen LogP contribution in [0.15, 0.2) is 23.0 Å². The first kappa shape index (κ1) is 10.6. The molecule has 0 atom stereocenters. The summed E-state index contributed by atoms with van der Waals surface area (Å²) in [5, 5.41) is 0.926. The van der Waals surface area contributed by atoms with Crippen LogP contribution in [-0.2, 0) is 0 Å². The van der Waals surface area contributed by atoms with Gasteiger partial charge in [0.1, 0.15) is 0 Å². The third-order valence-corrected chi connectivity index (χ3v) is 2.69. The van der Waals surface area contributed by atoms with Gasteiger partial charge in [-0.25, -0.2) is 0 Å². The molecule has 82 valence electrons. The number of benzene rings is 1. The molecule has 0 aliphatic rings. The van der Waals surface area contributed by atoms with Gasteiger partial charge in [0.15, 0.2) is 5.78 Å². The van der Waals surface area contributed by atoms with Gasteiger partial charge >= 0.3 is 0 Å².